The van der Waals surface area contributed by atoms with E-state index in [1.807, 2.05) is 50.4 Å². The standard InChI is InChI=1S/C23H27N6O4/c1-23(2)32-15-17(33-23)14-31-22-26-20(11-21(27-22)29-7-9-30-10-8-29)28-25-13-16-12-24-19-6-4-3-5-18(16)19/h3-6,11-13,17,24H,7-10,14-15H2,1-2H3/b25-13-. The van der Waals surface area contributed by atoms with Gasteiger partial charge >= 0.3 is 6.01 Å². The Balaban J connectivity index is 1.32. The Bertz CT molecular complexity index is 1130. The maximum Gasteiger partial charge on any atom is 0.320 e. The van der Waals surface area contributed by atoms with Crippen molar-refractivity contribution in [1.29, 1.82) is 0 Å². The zero-order chi connectivity index (χ0) is 22.7. The van der Waals surface area contributed by atoms with Crippen molar-refractivity contribution >= 4 is 28.8 Å². The Labute approximate surface area is 191 Å². The summed E-state index contributed by atoms with van der Waals surface area (Å²) in [7, 11) is 0. The number of hydrogen-bond acceptors (Lipinski definition) is 8. The van der Waals surface area contributed by atoms with Crippen LogP contribution in [0.1, 0.15) is 19.4 Å². The van der Waals surface area contributed by atoms with Gasteiger partial charge in [0.1, 0.15) is 18.5 Å². The molecule has 1 aromatic carbocycles. The number of fused-ring (bicyclic) bond motifs is 1. The van der Waals surface area contributed by atoms with E-state index in [1.165, 1.54) is 0 Å². The van der Waals surface area contributed by atoms with Crippen molar-refractivity contribution in [3.8, 4) is 6.01 Å². The summed E-state index contributed by atoms with van der Waals surface area (Å²) in [5.74, 6) is 0.539. The van der Waals surface area contributed by atoms with Gasteiger partial charge < -0.3 is 28.8 Å². The number of morpholine rings is 1. The van der Waals surface area contributed by atoms with Crippen LogP contribution in [0.4, 0.5) is 11.6 Å². The van der Waals surface area contributed by atoms with Gasteiger partial charge in [-0.1, -0.05) is 18.2 Å². The Kier molecular flexibility index (Phi) is 6.12. The van der Waals surface area contributed by atoms with Gasteiger partial charge in [-0.2, -0.15) is 15.1 Å². The number of nitrogens with zero attached hydrogens (tertiary/aromatic N) is 5. The zero-order valence-corrected chi connectivity index (χ0v) is 18.7. The minimum atomic E-state index is -0.609. The van der Waals surface area contributed by atoms with Crippen molar-refractivity contribution in [3.05, 3.63) is 42.1 Å². The van der Waals surface area contributed by atoms with Crippen LogP contribution in [0.2, 0.25) is 0 Å². The van der Waals surface area contributed by atoms with Crippen LogP contribution in [0, 0.1) is 0 Å². The van der Waals surface area contributed by atoms with E-state index in [2.05, 4.69) is 30.4 Å². The highest BCUT2D eigenvalue weighted by Crippen LogP contribution is 2.24. The highest BCUT2D eigenvalue weighted by atomic mass is 16.7. The summed E-state index contributed by atoms with van der Waals surface area (Å²) < 4.78 is 22.7. The Hall–Kier alpha value is -3.21. The number of aromatic amines is 1. The largest absolute Gasteiger partial charge is 0.460 e. The van der Waals surface area contributed by atoms with Gasteiger partial charge in [0.2, 0.25) is 0 Å². The maximum atomic E-state index is 5.86. The number of para-hydroxylation sites is 1. The van der Waals surface area contributed by atoms with Crippen molar-refractivity contribution in [2.24, 2.45) is 5.10 Å². The van der Waals surface area contributed by atoms with Gasteiger partial charge in [-0.3, -0.25) is 0 Å². The molecular weight excluding hydrogens is 424 g/mol. The molecule has 0 saturated carbocycles. The number of hydrogen-bond donors (Lipinski definition) is 1. The molecule has 33 heavy (non-hydrogen) atoms. The molecule has 0 amide bonds. The van der Waals surface area contributed by atoms with E-state index in [4.69, 9.17) is 18.9 Å². The number of anilines is 1. The number of aromatic nitrogens is 3. The van der Waals surface area contributed by atoms with Gasteiger partial charge in [-0.25, -0.2) is 0 Å². The molecule has 1 radical (unpaired) electrons. The van der Waals surface area contributed by atoms with Gasteiger partial charge in [-0.05, 0) is 19.9 Å². The third-order valence-corrected chi connectivity index (χ3v) is 5.46. The Morgan fingerprint density at radius 2 is 2.09 bits per heavy atom. The average molecular weight is 452 g/mol. The lowest BCUT2D eigenvalue weighted by Crippen LogP contribution is -2.37. The summed E-state index contributed by atoms with van der Waals surface area (Å²) in [6.07, 6.45) is 3.43. The summed E-state index contributed by atoms with van der Waals surface area (Å²) in [4.78, 5) is 14.4. The molecule has 2 saturated heterocycles. The lowest BCUT2D eigenvalue weighted by molar-refractivity contribution is -0.141. The van der Waals surface area contributed by atoms with Crippen LogP contribution in [-0.2, 0) is 14.2 Å². The second kappa shape index (κ2) is 9.34. The minimum Gasteiger partial charge on any atom is -0.460 e. The summed E-state index contributed by atoms with van der Waals surface area (Å²) in [6.45, 7) is 7.28. The van der Waals surface area contributed by atoms with Crippen molar-refractivity contribution in [3.63, 3.8) is 0 Å². The van der Waals surface area contributed by atoms with Crippen LogP contribution in [-0.4, -0.2) is 72.6 Å². The third kappa shape index (κ3) is 5.24. The first-order valence-electron chi connectivity index (χ1n) is 11.0. The molecule has 4 heterocycles. The fraction of sp³-hybridized carbons (Fsp3) is 0.435. The van der Waals surface area contributed by atoms with Gasteiger partial charge in [0.15, 0.2) is 11.6 Å². The molecule has 0 aliphatic carbocycles. The zero-order valence-electron chi connectivity index (χ0n) is 18.7. The minimum absolute atomic E-state index is 0.184. The fourth-order valence-corrected chi connectivity index (χ4v) is 3.83. The molecule has 1 N–H and O–H groups in total. The summed E-state index contributed by atoms with van der Waals surface area (Å²) in [5.41, 5.74) is 6.32. The number of ether oxygens (including phenoxy) is 4. The molecule has 2 aromatic heterocycles. The first kappa shape index (κ1) is 21.6. The number of rotatable bonds is 7. The SMILES string of the molecule is CC1(C)OCC(COc2nc([N]/N=C\c3c[nH]c4ccccc34)cc(N3CCOCC3)n2)O1. The predicted molar refractivity (Wildman–Crippen MR) is 123 cm³/mol. The number of H-pyrrole nitrogens is 1. The van der Waals surface area contributed by atoms with Gasteiger partial charge in [0.05, 0.1) is 26.0 Å². The van der Waals surface area contributed by atoms with Crippen molar-refractivity contribution in [2.75, 3.05) is 44.4 Å². The second-order valence-corrected chi connectivity index (χ2v) is 8.36. The van der Waals surface area contributed by atoms with Crippen LogP contribution in [0.15, 0.2) is 41.6 Å². The van der Waals surface area contributed by atoms with E-state index in [1.54, 1.807) is 6.21 Å². The molecule has 2 aliphatic heterocycles. The molecule has 0 bridgehead atoms. The first-order chi connectivity index (χ1) is 16.1. The Morgan fingerprint density at radius 1 is 1.24 bits per heavy atom. The van der Waals surface area contributed by atoms with Gasteiger partial charge in [0.25, 0.3) is 0 Å². The summed E-state index contributed by atoms with van der Waals surface area (Å²) >= 11 is 0. The third-order valence-electron chi connectivity index (χ3n) is 5.46. The predicted octanol–water partition coefficient (Wildman–Crippen LogP) is 2.59. The molecule has 1 atom stereocenters. The smallest absolute Gasteiger partial charge is 0.320 e. The van der Waals surface area contributed by atoms with Crippen LogP contribution in [0.25, 0.3) is 10.9 Å². The topological polar surface area (TPSA) is 108 Å². The lowest BCUT2D eigenvalue weighted by Gasteiger charge is -2.28. The Morgan fingerprint density at radius 3 is 2.91 bits per heavy atom. The second-order valence-electron chi connectivity index (χ2n) is 8.36. The van der Waals surface area contributed by atoms with E-state index in [0.717, 1.165) is 35.4 Å². The molecule has 0 spiro atoms. The molecular formula is C23H27N6O4. The normalized spacial score (nSPS) is 20.5. The average Bonchev–Trinajstić information content (AvgIpc) is 3.41. The van der Waals surface area contributed by atoms with Gasteiger partial charge in [0, 0.05) is 41.8 Å². The van der Waals surface area contributed by atoms with E-state index < -0.39 is 5.79 Å². The molecule has 173 valence electrons. The molecule has 2 fully saturated rings. The number of nitrogens with one attached hydrogen (secondary N) is 1. The van der Waals surface area contributed by atoms with Crippen molar-refractivity contribution in [2.45, 2.75) is 25.7 Å². The summed E-state index contributed by atoms with van der Waals surface area (Å²) in [5, 5.41) is 5.35. The maximum absolute atomic E-state index is 5.86. The monoisotopic (exact) mass is 451 g/mol. The number of benzene rings is 1. The molecule has 3 aromatic rings. The fourth-order valence-electron chi connectivity index (χ4n) is 3.83. The highest BCUT2D eigenvalue weighted by Gasteiger charge is 2.33. The van der Waals surface area contributed by atoms with Crippen LogP contribution in [0.5, 0.6) is 6.01 Å². The van der Waals surface area contributed by atoms with Crippen LogP contribution >= 0.6 is 0 Å². The van der Waals surface area contributed by atoms with E-state index in [9.17, 15) is 0 Å². The molecule has 5 rings (SSSR count). The van der Waals surface area contributed by atoms with E-state index in [0.29, 0.717) is 25.6 Å². The molecule has 10 heteroatoms. The van der Waals surface area contributed by atoms with Crippen LogP contribution < -0.4 is 15.1 Å². The first-order valence-corrected chi connectivity index (χ1v) is 11.0. The van der Waals surface area contributed by atoms with Crippen LogP contribution in [0.3, 0.4) is 0 Å². The molecule has 10 nitrogen and oxygen atoms in total. The molecule has 1 unspecified atom stereocenters. The van der Waals surface area contributed by atoms with Crippen molar-refractivity contribution < 1.29 is 18.9 Å². The van der Waals surface area contributed by atoms with Gasteiger partial charge in [-0.15, -0.1) is 5.43 Å². The molecule has 2 aliphatic rings. The van der Waals surface area contributed by atoms with E-state index in [-0.39, 0.29) is 18.7 Å². The van der Waals surface area contributed by atoms with E-state index >= 15 is 0 Å². The summed E-state index contributed by atoms with van der Waals surface area (Å²) in [6, 6.07) is 10.1. The quantitative estimate of drug-likeness (QED) is 0.434. The highest BCUT2D eigenvalue weighted by molar-refractivity contribution is 5.98. The van der Waals surface area contributed by atoms with Crippen molar-refractivity contribution in [1.82, 2.24) is 20.4 Å². The lowest BCUT2D eigenvalue weighted by atomic mass is 10.2.